The third-order valence-corrected chi connectivity index (χ3v) is 3.36. The Morgan fingerprint density at radius 3 is 2.48 bits per heavy atom. The molecule has 3 rings (SSSR count). The number of nitrogens with zero attached hydrogens (tertiary/aromatic N) is 2. The van der Waals surface area contributed by atoms with Gasteiger partial charge in [0.15, 0.2) is 5.69 Å². The number of halogens is 4. The Morgan fingerprint density at radius 1 is 1.13 bits per heavy atom. The zero-order valence-electron chi connectivity index (χ0n) is 12.2. The van der Waals surface area contributed by atoms with E-state index in [-0.39, 0.29) is 23.6 Å². The molecular formula is C15H14F4N4. The molecular weight excluding hydrogens is 312 g/mol. The number of hydrogen-bond donors (Lipinski definition) is 2. The summed E-state index contributed by atoms with van der Waals surface area (Å²) in [6.07, 6.45) is -2.79. The normalized spacial score (nSPS) is 14.7. The van der Waals surface area contributed by atoms with Gasteiger partial charge in [-0.2, -0.15) is 18.2 Å². The quantitative estimate of drug-likeness (QED) is 0.824. The standard InChI is InChI=1S/C15H14F4N4/c1-8-6-10(4-5-11(8)16)20-13-7-12(15(17,18)19)22-14(23-13)21-9-2-3-9/h4-7,9H,2-3H2,1H3,(H2,20,21,22,23). The molecule has 0 aliphatic heterocycles. The highest BCUT2D eigenvalue weighted by Crippen LogP contribution is 2.32. The average molecular weight is 326 g/mol. The molecule has 1 heterocycles. The van der Waals surface area contributed by atoms with Gasteiger partial charge in [0, 0.05) is 17.8 Å². The van der Waals surface area contributed by atoms with E-state index in [0.29, 0.717) is 11.3 Å². The Hall–Kier alpha value is -2.38. The van der Waals surface area contributed by atoms with E-state index in [0.717, 1.165) is 18.9 Å². The van der Waals surface area contributed by atoms with Crippen LogP contribution in [0.25, 0.3) is 0 Å². The second-order valence-corrected chi connectivity index (χ2v) is 5.47. The summed E-state index contributed by atoms with van der Waals surface area (Å²) < 4.78 is 52.1. The van der Waals surface area contributed by atoms with Crippen LogP contribution in [0.5, 0.6) is 0 Å². The van der Waals surface area contributed by atoms with Crippen molar-refractivity contribution in [1.29, 1.82) is 0 Å². The summed E-state index contributed by atoms with van der Waals surface area (Å²) in [5.74, 6) is -0.449. The largest absolute Gasteiger partial charge is 0.433 e. The van der Waals surface area contributed by atoms with Crippen molar-refractivity contribution >= 4 is 17.5 Å². The van der Waals surface area contributed by atoms with Gasteiger partial charge < -0.3 is 10.6 Å². The molecule has 2 aromatic rings. The molecule has 0 spiro atoms. The summed E-state index contributed by atoms with van der Waals surface area (Å²) in [5, 5.41) is 5.61. The fourth-order valence-corrected chi connectivity index (χ4v) is 2.00. The van der Waals surface area contributed by atoms with Crippen molar-refractivity contribution in [2.24, 2.45) is 0 Å². The number of nitrogens with one attached hydrogen (secondary N) is 2. The molecule has 0 saturated heterocycles. The van der Waals surface area contributed by atoms with Gasteiger partial charge in [0.1, 0.15) is 11.6 Å². The third-order valence-electron chi connectivity index (χ3n) is 3.36. The molecule has 1 aliphatic rings. The van der Waals surface area contributed by atoms with Crippen molar-refractivity contribution in [2.75, 3.05) is 10.6 Å². The van der Waals surface area contributed by atoms with E-state index >= 15 is 0 Å². The highest BCUT2D eigenvalue weighted by Gasteiger charge is 2.34. The fourth-order valence-electron chi connectivity index (χ4n) is 2.00. The first kappa shape index (κ1) is 15.5. The number of anilines is 3. The van der Waals surface area contributed by atoms with Crippen LogP contribution in [-0.4, -0.2) is 16.0 Å². The van der Waals surface area contributed by atoms with Crippen LogP contribution in [0, 0.1) is 12.7 Å². The maximum Gasteiger partial charge on any atom is 0.433 e. The number of rotatable bonds is 4. The van der Waals surface area contributed by atoms with Gasteiger partial charge in [0.2, 0.25) is 5.95 Å². The van der Waals surface area contributed by atoms with Crippen LogP contribution < -0.4 is 10.6 Å². The average Bonchev–Trinajstić information content (AvgIpc) is 3.26. The van der Waals surface area contributed by atoms with Crippen LogP contribution in [0.2, 0.25) is 0 Å². The van der Waals surface area contributed by atoms with E-state index in [2.05, 4.69) is 20.6 Å². The first-order valence-electron chi connectivity index (χ1n) is 7.07. The lowest BCUT2D eigenvalue weighted by Gasteiger charge is -2.13. The topological polar surface area (TPSA) is 49.8 Å². The van der Waals surface area contributed by atoms with Crippen LogP contribution in [0.1, 0.15) is 24.1 Å². The van der Waals surface area contributed by atoms with E-state index in [4.69, 9.17) is 0 Å². The van der Waals surface area contributed by atoms with Gasteiger partial charge in [0.05, 0.1) is 0 Å². The van der Waals surface area contributed by atoms with E-state index < -0.39 is 11.9 Å². The van der Waals surface area contributed by atoms with Crippen molar-refractivity contribution in [1.82, 2.24) is 9.97 Å². The van der Waals surface area contributed by atoms with Crippen molar-refractivity contribution in [3.8, 4) is 0 Å². The first-order valence-corrected chi connectivity index (χ1v) is 7.07. The van der Waals surface area contributed by atoms with E-state index in [1.807, 2.05) is 0 Å². The predicted molar refractivity (Wildman–Crippen MR) is 78.1 cm³/mol. The molecule has 0 amide bonds. The Bertz CT molecular complexity index is 726. The lowest BCUT2D eigenvalue weighted by atomic mass is 10.2. The first-order chi connectivity index (χ1) is 10.8. The maximum atomic E-state index is 13.3. The Morgan fingerprint density at radius 2 is 1.87 bits per heavy atom. The Balaban J connectivity index is 1.91. The number of aryl methyl sites for hydroxylation is 1. The molecule has 0 unspecified atom stereocenters. The van der Waals surface area contributed by atoms with Crippen molar-refractivity contribution in [2.45, 2.75) is 32.0 Å². The minimum atomic E-state index is -4.57. The van der Waals surface area contributed by atoms with Gasteiger partial charge in [-0.15, -0.1) is 0 Å². The van der Waals surface area contributed by atoms with Crippen LogP contribution in [0.4, 0.5) is 35.0 Å². The highest BCUT2D eigenvalue weighted by atomic mass is 19.4. The predicted octanol–water partition coefficient (Wildman–Crippen LogP) is 4.26. The molecule has 1 aromatic carbocycles. The number of aromatic nitrogens is 2. The SMILES string of the molecule is Cc1cc(Nc2cc(C(F)(F)F)nc(NC3CC3)n2)ccc1F. The molecule has 23 heavy (non-hydrogen) atoms. The smallest absolute Gasteiger partial charge is 0.351 e. The molecule has 122 valence electrons. The lowest BCUT2D eigenvalue weighted by molar-refractivity contribution is -0.141. The molecule has 0 bridgehead atoms. The van der Waals surface area contributed by atoms with Crippen LogP contribution in [0.3, 0.4) is 0 Å². The van der Waals surface area contributed by atoms with Crippen molar-refractivity contribution in [3.05, 3.63) is 41.3 Å². The second kappa shape index (κ2) is 5.68. The van der Waals surface area contributed by atoms with Gasteiger partial charge in [-0.3, -0.25) is 0 Å². The molecule has 0 radical (unpaired) electrons. The fraction of sp³-hybridized carbons (Fsp3) is 0.333. The molecule has 4 nitrogen and oxygen atoms in total. The maximum absolute atomic E-state index is 13.3. The lowest BCUT2D eigenvalue weighted by Crippen LogP contribution is -2.14. The molecule has 1 saturated carbocycles. The van der Waals surface area contributed by atoms with Crippen molar-refractivity contribution in [3.63, 3.8) is 0 Å². The summed E-state index contributed by atoms with van der Waals surface area (Å²) in [5.41, 5.74) is -0.193. The third kappa shape index (κ3) is 3.88. The van der Waals surface area contributed by atoms with Gasteiger partial charge in [-0.1, -0.05) is 0 Å². The van der Waals surface area contributed by atoms with Gasteiger partial charge >= 0.3 is 6.18 Å². The van der Waals surface area contributed by atoms with E-state index in [1.165, 1.54) is 18.2 Å². The second-order valence-electron chi connectivity index (χ2n) is 5.47. The monoisotopic (exact) mass is 326 g/mol. The minimum Gasteiger partial charge on any atom is -0.351 e. The number of benzene rings is 1. The van der Waals surface area contributed by atoms with Crippen molar-refractivity contribution < 1.29 is 17.6 Å². The Labute approximate surface area is 130 Å². The van der Waals surface area contributed by atoms with Crippen LogP contribution in [0.15, 0.2) is 24.3 Å². The Kier molecular flexibility index (Phi) is 3.83. The van der Waals surface area contributed by atoms with Gasteiger partial charge in [0.25, 0.3) is 0 Å². The number of alkyl halides is 3. The summed E-state index contributed by atoms with van der Waals surface area (Å²) in [6.45, 7) is 1.57. The molecule has 1 aromatic heterocycles. The summed E-state index contributed by atoms with van der Waals surface area (Å²) >= 11 is 0. The molecule has 1 aliphatic carbocycles. The molecule has 8 heteroatoms. The zero-order chi connectivity index (χ0) is 16.6. The molecule has 1 fully saturated rings. The number of hydrogen-bond acceptors (Lipinski definition) is 4. The van der Waals surface area contributed by atoms with Gasteiger partial charge in [-0.25, -0.2) is 9.37 Å². The minimum absolute atomic E-state index is 0.00137. The molecule has 0 atom stereocenters. The highest BCUT2D eigenvalue weighted by molar-refractivity contribution is 5.58. The molecule has 2 N–H and O–H groups in total. The zero-order valence-corrected chi connectivity index (χ0v) is 12.2. The summed E-state index contributed by atoms with van der Waals surface area (Å²) in [4.78, 5) is 7.56. The summed E-state index contributed by atoms with van der Waals surface area (Å²) in [6, 6.07) is 5.13. The van der Waals surface area contributed by atoms with Gasteiger partial charge in [-0.05, 0) is 43.5 Å². The summed E-state index contributed by atoms with van der Waals surface area (Å²) in [7, 11) is 0. The van der Waals surface area contributed by atoms with Crippen LogP contribution in [-0.2, 0) is 6.18 Å². The van der Waals surface area contributed by atoms with Crippen LogP contribution >= 0.6 is 0 Å². The van der Waals surface area contributed by atoms with E-state index in [9.17, 15) is 17.6 Å². The van der Waals surface area contributed by atoms with E-state index in [1.54, 1.807) is 6.92 Å².